The van der Waals surface area contributed by atoms with Crippen LogP contribution in [-0.2, 0) is 4.74 Å². The predicted octanol–water partition coefficient (Wildman–Crippen LogP) is 2.15. The molecule has 19 heavy (non-hydrogen) atoms. The van der Waals surface area contributed by atoms with E-state index in [9.17, 15) is 9.18 Å². The summed E-state index contributed by atoms with van der Waals surface area (Å²) in [7, 11) is 0. The van der Waals surface area contributed by atoms with Gasteiger partial charge in [-0.3, -0.25) is 0 Å². The van der Waals surface area contributed by atoms with Gasteiger partial charge in [0.15, 0.2) is 11.6 Å². The molecule has 5 nitrogen and oxygen atoms in total. The first-order chi connectivity index (χ1) is 9.11. The van der Waals surface area contributed by atoms with E-state index in [-0.39, 0.29) is 16.9 Å². The standard InChI is InChI=1S/C12H15ClFN3O2/c1-2-19-12(18)17-5-3-16(4-6-17)11-10(14)7-9(13)8-15-11/h7-8H,2-6H2,1H3. The smallest absolute Gasteiger partial charge is 0.409 e. The maximum atomic E-state index is 13.7. The summed E-state index contributed by atoms with van der Waals surface area (Å²) in [4.78, 5) is 18.9. The number of hydrogen-bond donors (Lipinski definition) is 0. The highest BCUT2D eigenvalue weighted by Crippen LogP contribution is 2.20. The number of aromatic nitrogens is 1. The van der Waals surface area contributed by atoms with Crippen LogP contribution in [0.1, 0.15) is 6.92 Å². The molecule has 1 fully saturated rings. The highest BCUT2D eigenvalue weighted by molar-refractivity contribution is 6.30. The van der Waals surface area contributed by atoms with Gasteiger partial charge in [-0.2, -0.15) is 0 Å². The van der Waals surface area contributed by atoms with Crippen LogP contribution >= 0.6 is 11.6 Å². The predicted molar refractivity (Wildman–Crippen MR) is 70.0 cm³/mol. The fraction of sp³-hybridized carbons (Fsp3) is 0.500. The van der Waals surface area contributed by atoms with Crippen molar-refractivity contribution in [1.82, 2.24) is 9.88 Å². The first-order valence-electron chi connectivity index (χ1n) is 6.09. The average Bonchev–Trinajstić information content (AvgIpc) is 2.39. The molecule has 1 saturated heterocycles. The quantitative estimate of drug-likeness (QED) is 0.836. The molecule has 1 amide bonds. The SMILES string of the molecule is CCOC(=O)N1CCN(c2ncc(Cl)cc2F)CC1. The van der Waals surface area contributed by atoms with Gasteiger partial charge in [-0.15, -0.1) is 0 Å². The van der Waals surface area contributed by atoms with Gasteiger partial charge in [0.1, 0.15) is 0 Å². The molecule has 0 aromatic carbocycles. The highest BCUT2D eigenvalue weighted by Gasteiger charge is 2.24. The normalized spacial score (nSPS) is 15.5. The Kier molecular flexibility index (Phi) is 4.42. The van der Waals surface area contributed by atoms with E-state index >= 15 is 0 Å². The number of carbonyl (C=O) groups is 1. The van der Waals surface area contributed by atoms with Crippen molar-refractivity contribution in [2.24, 2.45) is 0 Å². The molecule has 0 unspecified atom stereocenters. The Morgan fingerprint density at radius 2 is 2.16 bits per heavy atom. The number of amides is 1. The number of halogens is 2. The maximum absolute atomic E-state index is 13.7. The minimum absolute atomic E-state index is 0.270. The molecular formula is C12H15ClFN3O2. The molecule has 1 aliphatic heterocycles. The third kappa shape index (κ3) is 3.26. The van der Waals surface area contributed by atoms with Crippen molar-refractivity contribution >= 4 is 23.5 Å². The van der Waals surface area contributed by atoms with Crippen molar-refractivity contribution in [2.75, 3.05) is 37.7 Å². The molecule has 1 aromatic heterocycles. The molecule has 0 bridgehead atoms. The van der Waals surface area contributed by atoms with Crippen LogP contribution in [-0.4, -0.2) is 48.8 Å². The summed E-state index contributed by atoms with van der Waals surface area (Å²) >= 11 is 5.66. The van der Waals surface area contributed by atoms with E-state index in [2.05, 4.69) is 4.98 Å². The summed E-state index contributed by atoms with van der Waals surface area (Å²) in [5, 5.41) is 0.270. The lowest BCUT2D eigenvalue weighted by atomic mass is 10.3. The number of pyridine rings is 1. The number of hydrogen-bond acceptors (Lipinski definition) is 4. The third-order valence-electron chi connectivity index (χ3n) is 2.89. The van der Waals surface area contributed by atoms with E-state index in [1.165, 1.54) is 12.3 Å². The summed E-state index contributed by atoms with van der Waals surface area (Å²) in [5.41, 5.74) is 0. The zero-order valence-corrected chi connectivity index (χ0v) is 11.4. The van der Waals surface area contributed by atoms with Gasteiger partial charge in [-0.25, -0.2) is 14.2 Å². The number of nitrogens with zero attached hydrogens (tertiary/aromatic N) is 3. The van der Waals surface area contributed by atoms with Crippen molar-refractivity contribution in [3.8, 4) is 0 Å². The molecule has 0 saturated carbocycles. The molecule has 0 spiro atoms. The molecular weight excluding hydrogens is 273 g/mol. The minimum atomic E-state index is -0.447. The van der Waals surface area contributed by atoms with Crippen LogP contribution in [0.2, 0.25) is 5.02 Å². The number of carbonyl (C=O) groups excluding carboxylic acids is 1. The first-order valence-corrected chi connectivity index (χ1v) is 6.47. The topological polar surface area (TPSA) is 45.7 Å². The van der Waals surface area contributed by atoms with Gasteiger partial charge < -0.3 is 14.5 Å². The highest BCUT2D eigenvalue weighted by atomic mass is 35.5. The zero-order valence-electron chi connectivity index (χ0n) is 10.6. The monoisotopic (exact) mass is 287 g/mol. The average molecular weight is 288 g/mol. The van der Waals surface area contributed by atoms with Crippen LogP contribution in [0.25, 0.3) is 0 Å². The molecule has 0 atom stereocenters. The largest absolute Gasteiger partial charge is 0.450 e. The Labute approximate surface area is 115 Å². The molecule has 104 valence electrons. The van der Waals surface area contributed by atoms with Gasteiger partial charge >= 0.3 is 6.09 Å². The van der Waals surface area contributed by atoms with E-state index in [4.69, 9.17) is 16.3 Å². The van der Waals surface area contributed by atoms with E-state index in [0.717, 1.165) is 0 Å². The number of piperazine rings is 1. The van der Waals surface area contributed by atoms with E-state index in [1.807, 2.05) is 0 Å². The van der Waals surface area contributed by atoms with Crippen LogP contribution in [0, 0.1) is 5.82 Å². The van der Waals surface area contributed by atoms with Crippen LogP contribution in [0.15, 0.2) is 12.3 Å². The molecule has 1 aromatic rings. The van der Waals surface area contributed by atoms with Crippen molar-refractivity contribution in [1.29, 1.82) is 0 Å². The Bertz CT molecular complexity index is 464. The van der Waals surface area contributed by atoms with Crippen molar-refractivity contribution in [3.05, 3.63) is 23.1 Å². The van der Waals surface area contributed by atoms with Crippen LogP contribution < -0.4 is 4.90 Å². The lowest BCUT2D eigenvalue weighted by Crippen LogP contribution is -2.49. The Hall–Kier alpha value is -1.56. The fourth-order valence-corrected chi connectivity index (χ4v) is 2.10. The number of rotatable bonds is 2. The molecule has 2 heterocycles. The van der Waals surface area contributed by atoms with Crippen LogP contribution in [0.5, 0.6) is 0 Å². The van der Waals surface area contributed by atoms with Crippen molar-refractivity contribution in [3.63, 3.8) is 0 Å². The molecule has 2 rings (SSSR count). The van der Waals surface area contributed by atoms with Gasteiger partial charge in [0, 0.05) is 32.4 Å². The second-order valence-corrected chi connectivity index (χ2v) is 4.57. The van der Waals surface area contributed by atoms with E-state index in [1.54, 1.807) is 16.7 Å². The van der Waals surface area contributed by atoms with Gasteiger partial charge in [0.05, 0.1) is 11.6 Å². The van der Waals surface area contributed by atoms with Crippen molar-refractivity contribution in [2.45, 2.75) is 6.92 Å². The Balaban J connectivity index is 1.98. The lowest BCUT2D eigenvalue weighted by Gasteiger charge is -2.34. The maximum Gasteiger partial charge on any atom is 0.409 e. The van der Waals surface area contributed by atoms with Gasteiger partial charge in [0.25, 0.3) is 0 Å². The minimum Gasteiger partial charge on any atom is -0.450 e. The molecule has 1 aliphatic rings. The molecule has 0 N–H and O–H groups in total. The molecule has 0 aliphatic carbocycles. The second kappa shape index (κ2) is 6.06. The van der Waals surface area contributed by atoms with Gasteiger partial charge in [0.2, 0.25) is 0 Å². The zero-order chi connectivity index (χ0) is 13.8. The summed E-state index contributed by atoms with van der Waals surface area (Å²) in [6.07, 6.45) is 1.09. The summed E-state index contributed by atoms with van der Waals surface area (Å²) in [5.74, 6) is -0.176. The summed E-state index contributed by atoms with van der Waals surface area (Å²) in [6, 6.07) is 1.24. The van der Waals surface area contributed by atoms with Crippen LogP contribution in [0.3, 0.4) is 0 Å². The fourth-order valence-electron chi connectivity index (χ4n) is 1.96. The second-order valence-electron chi connectivity index (χ2n) is 4.13. The van der Waals surface area contributed by atoms with Crippen molar-refractivity contribution < 1.29 is 13.9 Å². The Morgan fingerprint density at radius 1 is 1.47 bits per heavy atom. The number of ether oxygens (including phenoxy) is 1. The van der Waals surface area contributed by atoms with Gasteiger partial charge in [-0.1, -0.05) is 11.6 Å². The molecule has 0 radical (unpaired) electrons. The van der Waals surface area contributed by atoms with E-state index in [0.29, 0.717) is 32.8 Å². The van der Waals surface area contributed by atoms with Gasteiger partial charge in [-0.05, 0) is 13.0 Å². The lowest BCUT2D eigenvalue weighted by molar-refractivity contribution is 0.105. The third-order valence-corrected chi connectivity index (χ3v) is 3.10. The number of anilines is 1. The van der Waals surface area contributed by atoms with E-state index < -0.39 is 5.82 Å². The Morgan fingerprint density at radius 3 is 2.74 bits per heavy atom. The van der Waals surface area contributed by atoms with Crippen LogP contribution in [0.4, 0.5) is 15.0 Å². The first kappa shape index (κ1) is 13.9. The molecule has 7 heteroatoms. The summed E-state index contributed by atoms with van der Waals surface area (Å²) < 4.78 is 18.6. The summed E-state index contributed by atoms with van der Waals surface area (Å²) in [6.45, 7) is 4.13.